The molecule has 1 aliphatic carbocycles. The Balaban J connectivity index is 1.72. The van der Waals surface area contributed by atoms with Crippen LogP contribution in [0.25, 0.3) is 0 Å². The summed E-state index contributed by atoms with van der Waals surface area (Å²) in [4.78, 5) is 4.17. The minimum Gasteiger partial charge on any atom is -0.487 e. The lowest BCUT2D eigenvalue weighted by molar-refractivity contribution is 0.294. The van der Waals surface area contributed by atoms with Crippen molar-refractivity contribution in [3.8, 4) is 5.75 Å². The van der Waals surface area contributed by atoms with Crippen LogP contribution >= 0.6 is 0 Å². The van der Waals surface area contributed by atoms with E-state index >= 15 is 0 Å². The third kappa shape index (κ3) is 2.95. The van der Waals surface area contributed by atoms with Gasteiger partial charge in [0.1, 0.15) is 12.4 Å². The summed E-state index contributed by atoms with van der Waals surface area (Å²) >= 11 is 0. The summed E-state index contributed by atoms with van der Waals surface area (Å²) in [6.07, 6.45) is 7.34. The molecule has 0 bridgehead atoms. The maximum Gasteiger partial charge on any atom is 0.130 e. The Bertz CT molecular complexity index is 606. The van der Waals surface area contributed by atoms with E-state index in [4.69, 9.17) is 4.74 Å². The standard InChI is InChI=1S/C17H23N3O/c1-3-20-12-19-10-14(20)11-21-15-7-8-16-13(9-15)5-4-6-17(16)18-2/h7-10,12,17-18H,3-6,11H2,1-2H3. The first-order valence-corrected chi connectivity index (χ1v) is 7.73. The number of ether oxygens (including phenoxy) is 1. The minimum absolute atomic E-state index is 0.490. The van der Waals surface area contributed by atoms with E-state index in [0.717, 1.165) is 24.4 Å². The topological polar surface area (TPSA) is 39.1 Å². The summed E-state index contributed by atoms with van der Waals surface area (Å²) < 4.78 is 8.05. The van der Waals surface area contributed by atoms with Gasteiger partial charge in [0.2, 0.25) is 0 Å². The molecular weight excluding hydrogens is 262 g/mol. The monoisotopic (exact) mass is 285 g/mol. The molecule has 0 fully saturated rings. The van der Waals surface area contributed by atoms with Gasteiger partial charge in [-0.15, -0.1) is 0 Å². The third-order valence-electron chi connectivity index (χ3n) is 4.30. The molecule has 1 heterocycles. The number of nitrogens with zero attached hydrogens (tertiary/aromatic N) is 2. The second kappa shape index (κ2) is 6.31. The van der Waals surface area contributed by atoms with Gasteiger partial charge >= 0.3 is 0 Å². The highest BCUT2D eigenvalue weighted by molar-refractivity contribution is 5.39. The van der Waals surface area contributed by atoms with Crippen LogP contribution in [0.2, 0.25) is 0 Å². The smallest absolute Gasteiger partial charge is 0.130 e. The molecule has 0 spiro atoms. The quantitative estimate of drug-likeness (QED) is 0.917. The second-order valence-corrected chi connectivity index (χ2v) is 5.55. The molecule has 1 aliphatic rings. The third-order valence-corrected chi connectivity index (χ3v) is 4.30. The lowest BCUT2D eigenvalue weighted by atomic mass is 9.87. The van der Waals surface area contributed by atoms with Gasteiger partial charge in [-0.2, -0.15) is 0 Å². The van der Waals surface area contributed by atoms with E-state index in [2.05, 4.69) is 40.0 Å². The molecule has 1 unspecified atom stereocenters. The van der Waals surface area contributed by atoms with Crippen LogP contribution in [0.4, 0.5) is 0 Å². The van der Waals surface area contributed by atoms with E-state index in [9.17, 15) is 0 Å². The summed E-state index contributed by atoms with van der Waals surface area (Å²) in [5.41, 5.74) is 3.96. The first-order valence-electron chi connectivity index (χ1n) is 7.73. The summed E-state index contributed by atoms with van der Waals surface area (Å²) in [7, 11) is 2.04. The van der Waals surface area contributed by atoms with Crippen molar-refractivity contribution in [3.05, 3.63) is 47.5 Å². The molecule has 1 aromatic carbocycles. The average Bonchev–Trinajstić information content (AvgIpc) is 2.99. The summed E-state index contributed by atoms with van der Waals surface area (Å²) in [6, 6.07) is 6.98. The highest BCUT2D eigenvalue weighted by Crippen LogP contribution is 2.32. The average molecular weight is 285 g/mol. The molecule has 4 nitrogen and oxygen atoms in total. The predicted molar refractivity (Wildman–Crippen MR) is 83.4 cm³/mol. The zero-order chi connectivity index (χ0) is 14.7. The molecule has 1 N–H and O–H groups in total. The molecule has 4 heteroatoms. The Hall–Kier alpha value is -1.81. The van der Waals surface area contributed by atoms with Gasteiger partial charge in [0.15, 0.2) is 0 Å². The van der Waals surface area contributed by atoms with Crippen LogP contribution in [-0.2, 0) is 19.6 Å². The summed E-state index contributed by atoms with van der Waals surface area (Å²) in [5.74, 6) is 0.953. The van der Waals surface area contributed by atoms with Gasteiger partial charge in [-0.3, -0.25) is 0 Å². The molecular formula is C17H23N3O. The fourth-order valence-electron chi connectivity index (χ4n) is 3.09. The zero-order valence-corrected chi connectivity index (χ0v) is 12.8. The fourth-order valence-corrected chi connectivity index (χ4v) is 3.09. The number of benzene rings is 1. The maximum absolute atomic E-state index is 5.95. The molecule has 0 saturated heterocycles. The molecule has 21 heavy (non-hydrogen) atoms. The molecule has 0 radical (unpaired) electrons. The zero-order valence-electron chi connectivity index (χ0n) is 12.8. The number of nitrogens with one attached hydrogen (secondary N) is 1. The van der Waals surface area contributed by atoms with Crippen molar-refractivity contribution in [3.63, 3.8) is 0 Å². The number of hydrogen-bond acceptors (Lipinski definition) is 3. The van der Waals surface area contributed by atoms with Crippen LogP contribution in [0.3, 0.4) is 0 Å². The summed E-state index contributed by atoms with van der Waals surface area (Å²) in [6.45, 7) is 3.61. The van der Waals surface area contributed by atoms with Crippen LogP contribution in [0.5, 0.6) is 5.75 Å². The van der Waals surface area contributed by atoms with Crippen LogP contribution in [0.15, 0.2) is 30.7 Å². The van der Waals surface area contributed by atoms with E-state index in [-0.39, 0.29) is 0 Å². The Morgan fingerprint density at radius 1 is 1.43 bits per heavy atom. The van der Waals surface area contributed by atoms with Crippen molar-refractivity contribution in [2.24, 2.45) is 0 Å². The Labute approximate surface area is 126 Å². The van der Waals surface area contributed by atoms with E-state index in [1.54, 1.807) is 0 Å². The molecule has 1 atom stereocenters. The molecule has 2 aromatic rings. The molecule has 112 valence electrons. The van der Waals surface area contributed by atoms with Gasteiger partial charge in [-0.1, -0.05) is 6.07 Å². The summed E-state index contributed by atoms with van der Waals surface area (Å²) in [5, 5.41) is 3.40. The Kier molecular flexibility index (Phi) is 4.25. The van der Waals surface area contributed by atoms with Crippen LogP contribution in [-0.4, -0.2) is 16.6 Å². The molecule has 1 aromatic heterocycles. The van der Waals surface area contributed by atoms with E-state index in [0.29, 0.717) is 12.6 Å². The lowest BCUT2D eigenvalue weighted by Crippen LogP contribution is -2.21. The number of aromatic nitrogens is 2. The first-order chi connectivity index (χ1) is 10.3. The van der Waals surface area contributed by atoms with Gasteiger partial charge < -0.3 is 14.6 Å². The normalized spacial score (nSPS) is 17.5. The number of fused-ring (bicyclic) bond motifs is 1. The van der Waals surface area contributed by atoms with E-state index in [1.165, 1.54) is 24.0 Å². The number of imidazole rings is 1. The minimum atomic E-state index is 0.490. The van der Waals surface area contributed by atoms with E-state index < -0.39 is 0 Å². The largest absolute Gasteiger partial charge is 0.487 e. The van der Waals surface area contributed by atoms with Crippen molar-refractivity contribution in [2.45, 2.75) is 45.4 Å². The Morgan fingerprint density at radius 2 is 2.33 bits per heavy atom. The van der Waals surface area contributed by atoms with Crippen molar-refractivity contribution >= 4 is 0 Å². The van der Waals surface area contributed by atoms with Crippen molar-refractivity contribution in [2.75, 3.05) is 7.05 Å². The number of rotatable bonds is 5. The highest BCUT2D eigenvalue weighted by atomic mass is 16.5. The van der Waals surface area contributed by atoms with Crippen molar-refractivity contribution in [1.82, 2.24) is 14.9 Å². The number of hydrogen-bond donors (Lipinski definition) is 1. The van der Waals surface area contributed by atoms with Gasteiger partial charge in [-0.25, -0.2) is 4.98 Å². The van der Waals surface area contributed by atoms with Gasteiger partial charge in [0.25, 0.3) is 0 Å². The fraction of sp³-hybridized carbons (Fsp3) is 0.471. The van der Waals surface area contributed by atoms with Crippen molar-refractivity contribution in [1.29, 1.82) is 0 Å². The van der Waals surface area contributed by atoms with Gasteiger partial charge in [0.05, 0.1) is 18.2 Å². The van der Waals surface area contributed by atoms with Crippen LogP contribution < -0.4 is 10.1 Å². The van der Waals surface area contributed by atoms with Gasteiger partial charge in [0, 0.05) is 12.6 Å². The van der Waals surface area contributed by atoms with Crippen molar-refractivity contribution < 1.29 is 4.74 Å². The van der Waals surface area contributed by atoms with Gasteiger partial charge in [-0.05, 0) is 56.5 Å². The molecule has 0 amide bonds. The Morgan fingerprint density at radius 3 is 3.14 bits per heavy atom. The molecule has 3 rings (SSSR count). The second-order valence-electron chi connectivity index (χ2n) is 5.55. The van der Waals surface area contributed by atoms with Crippen LogP contribution in [0.1, 0.15) is 42.6 Å². The number of aryl methyl sites for hydroxylation is 2. The predicted octanol–water partition coefficient (Wildman–Crippen LogP) is 3.08. The van der Waals surface area contributed by atoms with Crippen LogP contribution in [0, 0.1) is 0 Å². The lowest BCUT2D eigenvalue weighted by Gasteiger charge is -2.25. The SMILES string of the molecule is CCn1cncc1COc1ccc2c(c1)CCCC2NC. The molecule has 0 aliphatic heterocycles. The molecule has 0 saturated carbocycles. The van der Waals surface area contributed by atoms with E-state index in [1.807, 2.05) is 19.6 Å². The highest BCUT2D eigenvalue weighted by Gasteiger charge is 2.18. The maximum atomic E-state index is 5.95. The first kappa shape index (κ1) is 14.1.